The van der Waals surface area contributed by atoms with Gasteiger partial charge in [0.2, 0.25) is 0 Å². The van der Waals surface area contributed by atoms with Gasteiger partial charge in [0.25, 0.3) is 5.91 Å². The molecule has 0 bridgehead atoms. The van der Waals surface area contributed by atoms with Crippen LogP contribution in [0.5, 0.6) is 5.75 Å². The first kappa shape index (κ1) is 21.1. The largest absolute Gasteiger partial charge is 0.481 e. The topological polar surface area (TPSA) is 62.1 Å². The standard InChI is InChI=1S/C26H26N2O2/c1-19(8-9-21-6-4-3-5-7-21)28-26(29)20(2)30-25-16-14-24(15-17-25)23-12-10-22(18-27)11-13-23/h3-7,10-17,19-20H,8-9H2,1-2H3,(H,28,29)/t19-,20-/m0/s1. The van der Waals surface area contributed by atoms with Crippen molar-refractivity contribution >= 4 is 5.91 Å². The van der Waals surface area contributed by atoms with E-state index < -0.39 is 6.10 Å². The van der Waals surface area contributed by atoms with Crippen LogP contribution in [0.1, 0.15) is 31.4 Å². The molecular formula is C26H26N2O2. The Bertz CT molecular complexity index is 990. The third-order valence-electron chi connectivity index (χ3n) is 4.98. The molecule has 0 spiro atoms. The molecule has 0 aliphatic carbocycles. The van der Waals surface area contributed by atoms with Crippen LogP contribution in [0.2, 0.25) is 0 Å². The van der Waals surface area contributed by atoms with E-state index in [-0.39, 0.29) is 11.9 Å². The van der Waals surface area contributed by atoms with Crippen LogP contribution in [0, 0.1) is 11.3 Å². The van der Waals surface area contributed by atoms with E-state index in [1.807, 2.05) is 61.5 Å². The van der Waals surface area contributed by atoms with Crippen molar-refractivity contribution < 1.29 is 9.53 Å². The van der Waals surface area contributed by atoms with Crippen LogP contribution < -0.4 is 10.1 Å². The number of benzene rings is 3. The summed E-state index contributed by atoms with van der Waals surface area (Å²) in [5, 5.41) is 11.9. The van der Waals surface area contributed by atoms with E-state index in [2.05, 4.69) is 23.5 Å². The molecule has 3 aromatic carbocycles. The van der Waals surface area contributed by atoms with Crippen molar-refractivity contribution in [2.75, 3.05) is 0 Å². The number of nitriles is 1. The maximum atomic E-state index is 12.5. The summed E-state index contributed by atoms with van der Waals surface area (Å²) in [4.78, 5) is 12.5. The molecule has 3 aromatic rings. The number of rotatable bonds is 8. The Hall–Kier alpha value is -3.58. The van der Waals surface area contributed by atoms with Gasteiger partial charge in [0.05, 0.1) is 11.6 Å². The highest BCUT2D eigenvalue weighted by atomic mass is 16.5. The highest BCUT2D eigenvalue weighted by Gasteiger charge is 2.17. The summed E-state index contributed by atoms with van der Waals surface area (Å²) in [6, 6.07) is 27.5. The summed E-state index contributed by atoms with van der Waals surface area (Å²) < 4.78 is 5.81. The number of nitrogens with zero attached hydrogens (tertiary/aromatic N) is 1. The Labute approximate surface area is 178 Å². The third kappa shape index (κ3) is 5.96. The van der Waals surface area contributed by atoms with E-state index >= 15 is 0 Å². The van der Waals surface area contributed by atoms with Crippen LogP contribution >= 0.6 is 0 Å². The van der Waals surface area contributed by atoms with Gasteiger partial charge in [0.1, 0.15) is 5.75 Å². The predicted molar refractivity (Wildman–Crippen MR) is 119 cm³/mol. The number of ether oxygens (including phenoxy) is 1. The van der Waals surface area contributed by atoms with Crippen LogP contribution in [0.15, 0.2) is 78.9 Å². The minimum Gasteiger partial charge on any atom is -0.481 e. The summed E-state index contributed by atoms with van der Waals surface area (Å²) in [5.41, 5.74) is 3.96. The molecule has 0 radical (unpaired) electrons. The lowest BCUT2D eigenvalue weighted by Gasteiger charge is -2.19. The van der Waals surface area contributed by atoms with Gasteiger partial charge in [-0.2, -0.15) is 5.26 Å². The van der Waals surface area contributed by atoms with E-state index in [4.69, 9.17) is 10.00 Å². The van der Waals surface area contributed by atoms with Gasteiger partial charge >= 0.3 is 0 Å². The lowest BCUT2D eigenvalue weighted by atomic mass is 10.0. The molecule has 2 atom stereocenters. The maximum Gasteiger partial charge on any atom is 0.260 e. The monoisotopic (exact) mass is 398 g/mol. The molecular weight excluding hydrogens is 372 g/mol. The SMILES string of the molecule is C[C@H](Oc1ccc(-c2ccc(C#N)cc2)cc1)C(=O)N[C@@H](C)CCc1ccccc1. The molecule has 4 heteroatoms. The molecule has 0 aromatic heterocycles. The Kier molecular flexibility index (Phi) is 7.24. The van der Waals surface area contributed by atoms with E-state index in [0.717, 1.165) is 24.0 Å². The molecule has 0 fully saturated rings. The summed E-state index contributed by atoms with van der Waals surface area (Å²) >= 11 is 0. The Morgan fingerprint density at radius 3 is 2.13 bits per heavy atom. The van der Waals surface area contributed by atoms with Crippen LogP contribution in [0.25, 0.3) is 11.1 Å². The van der Waals surface area contributed by atoms with Crippen molar-refractivity contribution in [3.63, 3.8) is 0 Å². The Morgan fingerprint density at radius 2 is 1.53 bits per heavy atom. The quantitative estimate of drug-likeness (QED) is 0.572. The van der Waals surface area contributed by atoms with Crippen molar-refractivity contribution in [3.8, 4) is 22.9 Å². The fourth-order valence-corrected chi connectivity index (χ4v) is 3.18. The van der Waals surface area contributed by atoms with E-state index in [0.29, 0.717) is 11.3 Å². The minimum atomic E-state index is -0.579. The van der Waals surface area contributed by atoms with Gasteiger partial charge < -0.3 is 10.1 Å². The fraction of sp³-hybridized carbons (Fsp3) is 0.231. The molecule has 0 saturated carbocycles. The van der Waals surface area contributed by atoms with E-state index in [9.17, 15) is 4.79 Å². The second-order valence-corrected chi connectivity index (χ2v) is 7.41. The second kappa shape index (κ2) is 10.3. The second-order valence-electron chi connectivity index (χ2n) is 7.41. The summed E-state index contributed by atoms with van der Waals surface area (Å²) in [7, 11) is 0. The van der Waals surface area contributed by atoms with Gasteiger partial charge in [0, 0.05) is 6.04 Å². The van der Waals surface area contributed by atoms with Crippen molar-refractivity contribution in [1.82, 2.24) is 5.32 Å². The van der Waals surface area contributed by atoms with Gasteiger partial charge in [-0.15, -0.1) is 0 Å². The average Bonchev–Trinajstić information content (AvgIpc) is 2.79. The van der Waals surface area contributed by atoms with Crippen LogP contribution in [0.4, 0.5) is 0 Å². The number of amides is 1. The van der Waals surface area contributed by atoms with Crippen molar-refractivity contribution in [1.29, 1.82) is 5.26 Å². The van der Waals surface area contributed by atoms with Crippen LogP contribution in [-0.4, -0.2) is 18.1 Å². The first-order chi connectivity index (χ1) is 14.5. The highest BCUT2D eigenvalue weighted by molar-refractivity contribution is 5.81. The predicted octanol–water partition coefficient (Wildman–Crippen LogP) is 5.13. The third-order valence-corrected chi connectivity index (χ3v) is 4.98. The van der Waals surface area contributed by atoms with Gasteiger partial charge in [-0.1, -0.05) is 54.6 Å². The first-order valence-electron chi connectivity index (χ1n) is 10.2. The van der Waals surface area contributed by atoms with Gasteiger partial charge in [-0.05, 0) is 67.6 Å². The molecule has 4 nitrogen and oxygen atoms in total. The molecule has 0 aliphatic heterocycles. The Balaban J connectivity index is 1.50. The molecule has 0 heterocycles. The molecule has 30 heavy (non-hydrogen) atoms. The number of carbonyl (C=O) groups excluding carboxylic acids is 1. The smallest absolute Gasteiger partial charge is 0.260 e. The van der Waals surface area contributed by atoms with Crippen molar-refractivity contribution in [3.05, 3.63) is 90.0 Å². The summed E-state index contributed by atoms with van der Waals surface area (Å²) in [5.74, 6) is 0.527. The fourth-order valence-electron chi connectivity index (χ4n) is 3.18. The van der Waals surface area contributed by atoms with Crippen molar-refractivity contribution in [2.24, 2.45) is 0 Å². The Morgan fingerprint density at radius 1 is 0.933 bits per heavy atom. The normalized spacial score (nSPS) is 12.4. The zero-order valence-corrected chi connectivity index (χ0v) is 17.3. The van der Waals surface area contributed by atoms with Crippen molar-refractivity contribution in [2.45, 2.75) is 38.8 Å². The molecule has 1 N–H and O–H groups in total. The van der Waals surface area contributed by atoms with E-state index in [1.165, 1.54) is 5.56 Å². The summed E-state index contributed by atoms with van der Waals surface area (Å²) in [6.07, 6.45) is 1.22. The molecule has 0 saturated heterocycles. The first-order valence-corrected chi connectivity index (χ1v) is 10.2. The molecule has 0 unspecified atom stereocenters. The highest BCUT2D eigenvalue weighted by Crippen LogP contribution is 2.23. The molecule has 1 amide bonds. The van der Waals surface area contributed by atoms with E-state index in [1.54, 1.807) is 19.1 Å². The van der Waals surface area contributed by atoms with Crippen LogP contribution in [0.3, 0.4) is 0 Å². The zero-order chi connectivity index (χ0) is 21.3. The number of aryl methyl sites for hydroxylation is 1. The number of hydrogen-bond acceptors (Lipinski definition) is 3. The number of nitrogens with one attached hydrogen (secondary N) is 1. The average molecular weight is 399 g/mol. The van der Waals surface area contributed by atoms with Gasteiger partial charge in [0.15, 0.2) is 6.10 Å². The minimum absolute atomic E-state index is 0.0718. The lowest BCUT2D eigenvalue weighted by Crippen LogP contribution is -2.41. The molecule has 152 valence electrons. The molecule has 0 aliphatic rings. The number of hydrogen-bond donors (Lipinski definition) is 1. The lowest BCUT2D eigenvalue weighted by molar-refractivity contribution is -0.127. The van der Waals surface area contributed by atoms with Gasteiger partial charge in [-0.3, -0.25) is 4.79 Å². The maximum absolute atomic E-state index is 12.5. The van der Waals surface area contributed by atoms with Gasteiger partial charge in [-0.25, -0.2) is 0 Å². The van der Waals surface area contributed by atoms with Crippen LogP contribution in [-0.2, 0) is 11.2 Å². The zero-order valence-electron chi connectivity index (χ0n) is 17.3. The molecule has 3 rings (SSSR count). The summed E-state index contributed by atoms with van der Waals surface area (Å²) in [6.45, 7) is 3.77. The number of carbonyl (C=O) groups is 1.